The zero-order valence-electron chi connectivity index (χ0n) is 9.39. The first-order valence-corrected chi connectivity index (χ1v) is 5.45. The van der Waals surface area contributed by atoms with Crippen LogP contribution in [-0.4, -0.2) is 35.8 Å². The van der Waals surface area contributed by atoms with Crippen LogP contribution >= 0.6 is 0 Å². The molecule has 1 atom stereocenters. The van der Waals surface area contributed by atoms with Crippen molar-refractivity contribution >= 4 is 17.6 Å². The maximum absolute atomic E-state index is 5.66. The van der Waals surface area contributed by atoms with Gasteiger partial charge in [0, 0.05) is 12.6 Å². The summed E-state index contributed by atoms with van der Waals surface area (Å²) >= 11 is 0. The van der Waals surface area contributed by atoms with Gasteiger partial charge in [0.25, 0.3) is 0 Å². The molecule has 1 saturated heterocycles. The molecule has 88 valence electrons. The first kappa shape index (κ1) is 10.9. The maximum Gasteiger partial charge on any atom is 0.223 e. The molecule has 1 aromatic heterocycles. The van der Waals surface area contributed by atoms with Crippen molar-refractivity contribution in [1.29, 1.82) is 0 Å². The Hall–Kier alpha value is -1.56. The lowest BCUT2D eigenvalue weighted by molar-refractivity contribution is 0.0926. The van der Waals surface area contributed by atoms with Crippen LogP contribution in [0.4, 0.5) is 17.6 Å². The topological polar surface area (TPSA) is 90.3 Å². The molecule has 1 unspecified atom stereocenters. The second kappa shape index (κ2) is 4.52. The minimum atomic E-state index is 0.219. The molecule has 0 radical (unpaired) electrons. The van der Waals surface area contributed by atoms with Crippen molar-refractivity contribution in [3.8, 4) is 0 Å². The fourth-order valence-corrected chi connectivity index (χ4v) is 1.91. The molecular weight excluding hydrogens is 206 g/mol. The van der Waals surface area contributed by atoms with E-state index in [-0.39, 0.29) is 5.95 Å². The van der Waals surface area contributed by atoms with Gasteiger partial charge in [-0.3, -0.25) is 0 Å². The summed E-state index contributed by atoms with van der Waals surface area (Å²) in [5.74, 6) is 1.42. The van der Waals surface area contributed by atoms with Crippen molar-refractivity contribution in [2.45, 2.75) is 19.4 Å². The van der Waals surface area contributed by atoms with E-state index >= 15 is 0 Å². The second-order valence-electron chi connectivity index (χ2n) is 3.84. The standard InChI is InChI=1S/C10H17N5O/c1-2-7-6-16-4-3-15(7)9-5-8(11)13-10(12)14-9/h5,7H,2-4,6H2,1H3,(H4,11,12,13,14). The molecule has 0 saturated carbocycles. The van der Waals surface area contributed by atoms with Crippen LogP contribution in [0, 0.1) is 0 Å². The second-order valence-corrected chi connectivity index (χ2v) is 3.84. The Balaban J connectivity index is 2.26. The normalized spacial score (nSPS) is 21.1. The third kappa shape index (κ3) is 2.16. The molecule has 1 aliphatic heterocycles. The first-order valence-electron chi connectivity index (χ1n) is 5.45. The van der Waals surface area contributed by atoms with Gasteiger partial charge >= 0.3 is 0 Å². The first-order chi connectivity index (χ1) is 7.70. The Bertz CT molecular complexity index is 350. The highest BCUT2D eigenvalue weighted by atomic mass is 16.5. The SMILES string of the molecule is CCC1COCCN1c1cc(N)nc(N)n1. The largest absolute Gasteiger partial charge is 0.383 e. The summed E-state index contributed by atoms with van der Waals surface area (Å²) in [5, 5.41) is 0. The quantitative estimate of drug-likeness (QED) is 0.747. The summed E-state index contributed by atoms with van der Waals surface area (Å²) < 4.78 is 5.44. The van der Waals surface area contributed by atoms with Gasteiger partial charge in [-0.25, -0.2) is 0 Å². The number of aromatic nitrogens is 2. The third-order valence-electron chi connectivity index (χ3n) is 2.74. The summed E-state index contributed by atoms with van der Waals surface area (Å²) in [6.45, 7) is 4.37. The molecule has 0 aromatic carbocycles. The van der Waals surface area contributed by atoms with Crippen molar-refractivity contribution in [2.75, 3.05) is 36.1 Å². The zero-order chi connectivity index (χ0) is 11.5. The number of hydrogen-bond donors (Lipinski definition) is 2. The van der Waals surface area contributed by atoms with E-state index in [4.69, 9.17) is 16.2 Å². The van der Waals surface area contributed by atoms with Crippen LogP contribution in [-0.2, 0) is 4.74 Å². The van der Waals surface area contributed by atoms with Gasteiger partial charge in [0.15, 0.2) is 0 Å². The van der Waals surface area contributed by atoms with Gasteiger partial charge in [-0.05, 0) is 6.42 Å². The summed E-state index contributed by atoms with van der Waals surface area (Å²) in [6.07, 6.45) is 1.00. The molecular formula is C10H17N5O. The fourth-order valence-electron chi connectivity index (χ4n) is 1.91. The molecule has 2 rings (SSSR count). The monoisotopic (exact) mass is 223 g/mol. The van der Waals surface area contributed by atoms with Crippen molar-refractivity contribution in [2.24, 2.45) is 0 Å². The smallest absolute Gasteiger partial charge is 0.223 e. The van der Waals surface area contributed by atoms with Crippen LogP contribution in [0.5, 0.6) is 0 Å². The molecule has 0 spiro atoms. The number of anilines is 3. The van der Waals surface area contributed by atoms with Gasteiger partial charge in [0.2, 0.25) is 5.95 Å². The molecule has 1 aromatic rings. The Morgan fingerprint density at radius 1 is 1.50 bits per heavy atom. The van der Waals surface area contributed by atoms with E-state index < -0.39 is 0 Å². The molecule has 2 heterocycles. The minimum Gasteiger partial charge on any atom is -0.383 e. The Morgan fingerprint density at radius 3 is 3.00 bits per heavy atom. The van der Waals surface area contributed by atoms with Gasteiger partial charge in [-0.2, -0.15) is 9.97 Å². The predicted octanol–water partition coefficient (Wildman–Crippen LogP) is 0.256. The van der Waals surface area contributed by atoms with Crippen LogP contribution in [0.3, 0.4) is 0 Å². The van der Waals surface area contributed by atoms with Crippen LogP contribution in [0.25, 0.3) is 0 Å². The van der Waals surface area contributed by atoms with E-state index in [1.54, 1.807) is 6.07 Å². The number of hydrogen-bond acceptors (Lipinski definition) is 6. The number of nitrogens with zero attached hydrogens (tertiary/aromatic N) is 3. The van der Waals surface area contributed by atoms with E-state index in [0.717, 1.165) is 25.4 Å². The molecule has 4 N–H and O–H groups in total. The molecule has 1 fully saturated rings. The molecule has 0 aliphatic carbocycles. The molecule has 0 bridgehead atoms. The lowest BCUT2D eigenvalue weighted by Crippen LogP contribution is -2.45. The van der Waals surface area contributed by atoms with Crippen LogP contribution in [0.15, 0.2) is 6.07 Å². The van der Waals surface area contributed by atoms with E-state index in [2.05, 4.69) is 21.8 Å². The number of nitrogen functional groups attached to an aromatic ring is 2. The van der Waals surface area contributed by atoms with Gasteiger partial charge in [-0.15, -0.1) is 0 Å². The molecule has 6 nitrogen and oxygen atoms in total. The summed E-state index contributed by atoms with van der Waals surface area (Å²) in [7, 11) is 0. The van der Waals surface area contributed by atoms with Gasteiger partial charge < -0.3 is 21.1 Å². The maximum atomic E-state index is 5.66. The van der Waals surface area contributed by atoms with Gasteiger partial charge in [0.1, 0.15) is 11.6 Å². The lowest BCUT2D eigenvalue weighted by atomic mass is 10.2. The average Bonchev–Trinajstić information content (AvgIpc) is 2.27. The van der Waals surface area contributed by atoms with Crippen molar-refractivity contribution in [3.05, 3.63) is 6.07 Å². The highest BCUT2D eigenvalue weighted by Crippen LogP contribution is 2.21. The zero-order valence-corrected chi connectivity index (χ0v) is 9.39. The lowest BCUT2D eigenvalue weighted by Gasteiger charge is -2.36. The Kier molecular flexibility index (Phi) is 3.09. The fraction of sp³-hybridized carbons (Fsp3) is 0.600. The minimum absolute atomic E-state index is 0.219. The Labute approximate surface area is 94.6 Å². The van der Waals surface area contributed by atoms with E-state index in [1.165, 1.54) is 0 Å². The third-order valence-corrected chi connectivity index (χ3v) is 2.74. The summed E-state index contributed by atoms with van der Waals surface area (Å²) in [5.41, 5.74) is 11.3. The van der Waals surface area contributed by atoms with Gasteiger partial charge in [0.05, 0.1) is 19.3 Å². The van der Waals surface area contributed by atoms with E-state index in [1.807, 2.05) is 0 Å². The van der Waals surface area contributed by atoms with E-state index in [9.17, 15) is 0 Å². The van der Waals surface area contributed by atoms with Crippen molar-refractivity contribution < 1.29 is 4.74 Å². The van der Waals surface area contributed by atoms with Gasteiger partial charge in [-0.1, -0.05) is 6.92 Å². The van der Waals surface area contributed by atoms with Crippen molar-refractivity contribution in [3.63, 3.8) is 0 Å². The summed E-state index contributed by atoms with van der Waals surface area (Å²) in [4.78, 5) is 10.3. The molecule has 16 heavy (non-hydrogen) atoms. The highest BCUT2D eigenvalue weighted by molar-refractivity contribution is 5.51. The molecule has 0 amide bonds. The number of ether oxygens (including phenoxy) is 1. The molecule has 1 aliphatic rings. The Morgan fingerprint density at radius 2 is 2.31 bits per heavy atom. The van der Waals surface area contributed by atoms with Crippen LogP contribution in [0.2, 0.25) is 0 Å². The van der Waals surface area contributed by atoms with Crippen LogP contribution in [0.1, 0.15) is 13.3 Å². The predicted molar refractivity (Wildman–Crippen MR) is 63.1 cm³/mol. The van der Waals surface area contributed by atoms with Crippen LogP contribution < -0.4 is 16.4 Å². The average molecular weight is 223 g/mol. The van der Waals surface area contributed by atoms with Crippen molar-refractivity contribution in [1.82, 2.24) is 9.97 Å². The number of nitrogens with two attached hydrogens (primary N) is 2. The number of morpholine rings is 1. The number of rotatable bonds is 2. The highest BCUT2D eigenvalue weighted by Gasteiger charge is 2.23. The molecule has 6 heteroatoms. The summed E-state index contributed by atoms with van der Waals surface area (Å²) in [6, 6.07) is 2.09. The van der Waals surface area contributed by atoms with E-state index in [0.29, 0.717) is 18.5 Å².